The Kier molecular flexibility index (Phi) is 4.42. The van der Waals surface area contributed by atoms with Crippen molar-refractivity contribution in [3.8, 4) is 11.5 Å². The van der Waals surface area contributed by atoms with Crippen LogP contribution in [0.25, 0.3) is 10.1 Å². The highest BCUT2D eigenvalue weighted by atomic mass is 32.2. The van der Waals surface area contributed by atoms with Crippen LogP contribution in [0.5, 0.6) is 11.5 Å². The largest absolute Gasteiger partial charge is 0.493 e. The average molecular weight is 348 g/mol. The quantitative estimate of drug-likeness (QED) is 0.501. The monoisotopic (exact) mass is 348 g/mol. The van der Waals surface area contributed by atoms with Gasteiger partial charge in [-0.25, -0.2) is 4.39 Å². The summed E-state index contributed by atoms with van der Waals surface area (Å²) in [5.74, 6) is -0.564. The molecule has 0 bridgehead atoms. The fraction of sp³-hybridized carbons (Fsp3) is 0.250. The van der Waals surface area contributed by atoms with E-state index in [1.807, 2.05) is 0 Å². The van der Waals surface area contributed by atoms with Crippen molar-refractivity contribution in [2.45, 2.75) is 0 Å². The van der Waals surface area contributed by atoms with E-state index in [0.717, 1.165) is 17.6 Å². The number of halogens is 1. The molecule has 0 saturated heterocycles. The molecule has 7 nitrogen and oxygen atoms in total. The fourth-order valence-electron chi connectivity index (χ4n) is 1.72. The Morgan fingerprint density at radius 1 is 1.32 bits per heavy atom. The summed E-state index contributed by atoms with van der Waals surface area (Å²) in [6.07, 6.45) is 0.837. The van der Waals surface area contributed by atoms with Crippen molar-refractivity contribution in [1.29, 1.82) is 0 Å². The van der Waals surface area contributed by atoms with Crippen LogP contribution in [0.15, 0.2) is 17.3 Å². The molecule has 0 unspecified atom stereocenters. The zero-order valence-electron chi connectivity index (χ0n) is 11.9. The first-order valence-electron chi connectivity index (χ1n) is 5.83. The van der Waals surface area contributed by atoms with Crippen molar-refractivity contribution in [1.82, 2.24) is 0 Å². The van der Waals surface area contributed by atoms with Crippen LogP contribution in [0.4, 0.5) is 4.39 Å². The van der Waals surface area contributed by atoms with Crippen molar-refractivity contribution in [2.75, 3.05) is 20.5 Å². The Bertz CT molecular complexity index is 845. The van der Waals surface area contributed by atoms with Gasteiger partial charge >= 0.3 is 10.1 Å². The second kappa shape index (κ2) is 5.97. The number of rotatable bonds is 5. The van der Waals surface area contributed by atoms with E-state index in [-0.39, 0.29) is 22.7 Å². The van der Waals surface area contributed by atoms with Crippen molar-refractivity contribution in [3.63, 3.8) is 0 Å². The molecule has 0 aliphatic carbocycles. The van der Waals surface area contributed by atoms with E-state index < -0.39 is 15.9 Å². The number of amidine groups is 1. The van der Waals surface area contributed by atoms with Gasteiger partial charge in [-0.05, 0) is 11.2 Å². The summed E-state index contributed by atoms with van der Waals surface area (Å²) < 4.78 is 51.0. The van der Waals surface area contributed by atoms with Gasteiger partial charge in [-0.3, -0.25) is 4.28 Å². The number of fused-ring (bicyclic) bond motifs is 1. The van der Waals surface area contributed by atoms with Gasteiger partial charge in [0.2, 0.25) is 0 Å². The van der Waals surface area contributed by atoms with Crippen molar-refractivity contribution in [3.05, 3.63) is 22.8 Å². The van der Waals surface area contributed by atoms with Gasteiger partial charge in [0.1, 0.15) is 0 Å². The maximum atomic E-state index is 14.4. The first kappa shape index (κ1) is 16.3. The molecular weight excluding hydrogens is 335 g/mol. The molecule has 10 heteroatoms. The summed E-state index contributed by atoms with van der Waals surface area (Å²) in [6, 6.07) is 3.03. The van der Waals surface area contributed by atoms with E-state index in [1.54, 1.807) is 6.07 Å². The molecule has 1 heterocycles. The summed E-state index contributed by atoms with van der Waals surface area (Å²) in [6.45, 7) is 0. The molecule has 22 heavy (non-hydrogen) atoms. The molecule has 2 rings (SSSR count). The molecule has 0 atom stereocenters. The maximum Gasteiger partial charge on any atom is 0.325 e. The normalized spacial score (nSPS) is 12.5. The second-order valence-electron chi connectivity index (χ2n) is 4.20. The highest BCUT2D eigenvalue weighted by molar-refractivity contribution is 7.85. The van der Waals surface area contributed by atoms with Crippen LogP contribution in [-0.2, 0) is 14.4 Å². The third-order valence-electron chi connectivity index (χ3n) is 2.63. The van der Waals surface area contributed by atoms with E-state index in [4.69, 9.17) is 15.2 Å². The highest BCUT2D eigenvalue weighted by Crippen LogP contribution is 2.39. The predicted molar refractivity (Wildman–Crippen MR) is 81.5 cm³/mol. The Balaban J connectivity index is 2.53. The molecule has 0 radical (unpaired) electrons. The van der Waals surface area contributed by atoms with Gasteiger partial charge in [0.25, 0.3) is 0 Å². The van der Waals surface area contributed by atoms with Crippen LogP contribution in [0.2, 0.25) is 0 Å². The van der Waals surface area contributed by atoms with Gasteiger partial charge in [0.05, 0.1) is 25.4 Å². The summed E-state index contributed by atoms with van der Waals surface area (Å²) in [5, 5.41) is 3.57. The van der Waals surface area contributed by atoms with E-state index in [0.29, 0.717) is 9.58 Å². The lowest BCUT2D eigenvalue weighted by Crippen LogP contribution is -2.13. The number of hydrogen-bond donors (Lipinski definition) is 1. The van der Waals surface area contributed by atoms with Crippen molar-refractivity contribution < 1.29 is 26.6 Å². The zero-order valence-corrected chi connectivity index (χ0v) is 13.5. The molecule has 0 aliphatic rings. The van der Waals surface area contributed by atoms with E-state index >= 15 is 0 Å². The van der Waals surface area contributed by atoms with E-state index in [2.05, 4.69) is 9.44 Å². The Labute approximate surface area is 130 Å². The van der Waals surface area contributed by atoms with Crippen LogP contribution in [0.3, 0.4) is 0 Å². The van der Waals surface area contributed by atoms with Gasteiger partial charge in [0, 0.05) is 16.2 Å². The number of oxime groups is 1. The van der Waals surface area contributed by atoms with Crippen LogP contribution in [-0.4, -0.2) is 34.7 Å². The van der Waals surface area contributed by atoms with Gasteiger partial charge in [-0.1, -0.05) is 0 Å². The topological polar surface area (TPSA) is 100 Å². The molecule has 0 aliphatic heterocycles. The number of hydrogen-bond acceptors (Lipinski definition) is 7. The molecule has 2 N–H and O–H groups in total. The van der Waals surface area contributed by atoms with Gasteiger partial charge in [0.15, 0.2) is 23.2 Å². The first-order valence-corrected chi connectivity index (χ1v) is 8.46. The number of nitrogens with zero attached hydrogens (tertiary/aromatic N) is 1. The van der Waals surface area contributed by atoms with Gasteiger partial charge in [-0.15, -0.1) is 11.3 Å². The number of nitrogens with two attached hydrogens (primary N) is 1. The van der Waals surface area contributed by atoms with E-state index in [1.165, 1.54) is 20.3 Å². The summed E-state index contributed by atoms with van der Waals surface area (Å²) in [5.41, 5.74) is 5.64. The van der Waals surface area contributed by atoms with E-state index in [9.17, 15) is 12.8 Å². The Hall–Kier alpha value is -2.07. The highest BCUT2D eigenvalue weighted by Gasteiger charge is 2.18. The van der Waals surface area contributed by atoms with Crippen LogP contribution >= 0.6 is 11.3 Å². The third-order valence-corrected chi connectivity index (χ3v) is 4.08. The van der Waals surface area contributed by atoms with Crippen molar-refractivity contribution >= 4 is 37.4 Å². The number of benzene rings is 1. The predicted octanol–water partition coefficient (Wildman–Crippen LogP) is 1.65. The SMILES string of the molecule is COc1cc2sc(C(N)=NOS(C)(=O)=O)cc2c(F)c1OC. The summed E-state index contributed by atoms with van der Waals surface area (Å²) in [7, 11) is -1.04. The Morgan fingerprint density at radius 2 is 2.00 bits per heavy atom. The summed E-state index contributed by atoms with van der Waals surface area (Å²) >= 11 is 1.11. The van der Waals surface area contributed by atoms with Gasteiger partial charge < -0.3 is 15.2 Å². The standard InChI is InChI=1S/C12H13FN2O5S2/c1-18-7-5-8-6(10(13)11(7)19-2)4-9(21-8)12(14)15-20-22(3,16)17/h4-5H,1-3H3,(H2,14,15). The zero-order chi connectivity index (χ0) is 16.5. The van der Waals surface area contributed by atoms with Gasteiger partial charge in [-0.2, -0.15) is 8.42 Å². The maximum absolute atomic E-state index is 14.4. The molecule has 0 saturated carbocycles. The average Bonchev–Trinajstić information content (AvgIpc) is 2.88. The Morgan fingerprint density at radius 3 is 2.55 bits per heavy atom. The van der Waals surface area contributed by atoms with Crippen LogP contribution < -0.4 is 15.2 Å². The lowest BCUT2D eigenvalue weighted by Gasteiger charge is -2.08. The summed E-state index contributed by atoms with van der Waals surface area (Å²) in [4.78, 5) is 0.354. The number of methoxy groups -OCH3 is 2. The minimum absolute atomic E-state index is 0.0257. The first-order chi connectivity index (χ1) is 10.3. The second-order valence-corrected chi connectivity index (χ2v) is 6.84. The minimum Gasteiger partial charge on any atom is -0.493 e. The fourth-order valence-corrected chi connectivity index (χ4v) is 2.92. The third kappa shape index (κ3) is 3.22. The number of thiophene rings is 1. The molecule has 1 aromatic carbocycles. The molecule has 2 aromatic rings. The smallest absolute Gasteiger partial charge is 0.325 e. The molecule has 0 fully saturated rings. The number of ether oxygens (including phenoxy) is 2. The van der Waals surface area contributed by atoms with Crippen molar-refractivity contribution in [2.24, 2.45) is 10.9 Å². The molecule has 0 spiro atoms. The minimum atomic E-state index is -3.76. The lowest BCUT2D eigenvalue weighted by atomic mass is 10.2. The molecule has 0 amide bonds. The molecular formula is C12H13FN2O5S2. The molecule has 120 valence electrons. The molecule has 1 aromatic heterocycles. The van der Waals surface area contributed by atoms with Crippen LogP contribution in [0, 0.1) is 5.82 Å². The van der Waals surface area contributed by atoms with Crippen LogP contribution in [0.1, 0.15) is 4.88 Å². The lowest BCUT2D eigenvalue weighted by molar-refractivity contribution is 0.340.